The van der Waals surface area contributed by atoms with Crippen LogP contribution in [0, 0.1) is 0 Å². The molecule has 0 radical (unpaired) electrons. The number of rotatable bonds is 6. The lowest BCUT2D eigenvalue weighted by Gasteiger charge is -2.30. The van der Waals surface area contributed by atoms with Crippen molar-refractivity contribution in [3.05, 3.63) is 58.1 Å². The Kier molecular flexibility index (Phi) is 7.08. The molecule has 2 fully saturated rings. The van der Waals surface area contributed by atoms with Crippen LogP contribution in [0.3, 0.4) is 0 Å². The molecule has 0 N–H and O–H groups in total. The molecule has 6 heteroatoms. The Morgan fingerprint density at radius 1 is 0.893 bits per heavy atom. The summed E-state index contributed by atoms with van der Waals surface area (Å²) in [7, 11) is 0. The smallest absolute Gasteiger partial charge is 0.129 e. The van der Waals surface area contributed by atoms with Gasteiger partial charge in [0.25, 0.3) is 0 Å². The fourth-order valence-electron chi connectivity index (χ4n) is 3.90. The zero-order valence-corrected chi connectivity index (χ0v) is 18.3. The normalized spacial score (nSPS) is 21.1. The monoisotopic (exact) mass is 436 g/mol. The van der Waals surface area contributed by atoms with Gasteiger partial charge >= 0.3 is 0 Å². The molecule has 150 valence electrons. The SMILES string of the molecule is Clc1ccc(Oc2cccc(C3SCCN3CCN3CCCCC3)c2)cc1Cl. The van der Waals surface area contributed by atoms with Gasteiger partial charge in [-0.05, 0) is 55.8 Å². The van der Waals surface area contributed by atoms with Gasteiger partial charge in [0.15, 0.2) is 0 Å². The molecule has 0 aliphatic carbocycles. The minimum atomic E-state index is 0.405. The third kappa shape index (κ3) is 5.17. The highest BCUT2D eigenvalue weighted by Gasteiger charge is 2.27. The van der Waals surface area contributed by atoms with Crippen molar-refractivity contribution in [2.45, 2.75) is 24.6 Å². The third-order valence-corrected chi connectivity index (χ3v) is 7.45. The van der Waals surface area contributed by atoms with Crippen LogP contribution in [0.25, 0.3) is 0 Å². The molecule has 2 aromatic carbocycles. The van der Waals surface area contributed by atoms with Crippen molar-refractivity contribution < 1.29 is 4.74 Å². The van der Waals surface area contributed by atoms with Gasteiger partial charge in [0.05, 0.1) is 15.4 Å². The molecule has 2 aromatic rings. The van der Waals surface area contributed by atoms with Crippen molar-refractivity contribution in [3.8, 4) is 11.5 Å². The van der Waals surface area contributed by atoms with Gasteiger partial charge in [-0.3, -0.25) is 4.90 Å². The van der Waals surface area contributed by atoms with Crippen molar-refractivity contribution in [1.82, 2.24) is 9.80 Å². The summed E-state index contributed by atoms with van der Waals surface area (Å²) in [5.41, 5.74) is 1.30. The molecule has 2 heterocycles. The van der Waals surface area contributed by atoms with E-state index >= 15 is 0 Å². The topological polar surface area (TPSA) is 15.7 Å². The number of piperidine rings is 1. The maximum absolute atomic E-state index is 6.11. The number of thioether (sulfide) groups is 1. The van der Waals surface area contributed by atoms with E-state index in [-0.39, 0.29) is 0 Å². The first-order valence-electron chi connectivity index (χ1n) is 10.00. The Hall–Kier alpha value is -0.910. The van der Waals surface area contributed by atoms with Crippen molar-refractivity contribution in [2.75, 3.05) is 38.5 Å². The number of likely N-dealkylation sites (tertiary alicyclic amines) is 1. The van der Waals surface area contributed by atoms with E-state index in [4.69, 9.17) is 27.9 Å². The van der Waals surface area contributed by atoms with Crippen LogP contribution < -0.4 is 4.74 Å². The summed E-state index contributed by atoms with van der Waals surface area (Å²) < 4.78 is 6.03. The standard InChI is InChI=1S/C22H26Cl2N2OS/c23-20-8-7-19(16-21(20)24)27-18-6-4-5-17(15-18)22-26(13-14-28-22)12-11-25-9-2-1-3-10-25/h4-8,15-16,22H,1-3,9-14H2. The maximum atomic E-state index is 6.11. The first kappa shape index (κ1) is 20.4. The molecule has 0 aromatic heterocycles. The molecule has 0 spiro atoms. The highest BCUT2D eigenvalue weighted by molar-refractivity contribution is 7.99. The lowest BCUT2D eigenvalue weighted by atomic mass is 10.1. The average molecular weight is 437 g/mol. The molecule has 0 saturated carbocycles. The number of ether oxygens (including phenoxy) is 1. The zero-order valence-electron chi connectivity index (χ0n) is 15.9. The van der Waals surface area contributed by atoms with Crippen LogP contribution >= 0.6 is 35.0 Å². The van der Waals surface area contributed by atoms with Crippen molar-refractivity contribution in [3.63, 3.8) is 0 Å². The lowest BCUT2D eigenvalue weighted by molar-refractivity contribution is 0.184. The van der Waals surface area contributed by atoms with E-state index in [1.165, 1.54) is 50.2 Å². The van der Waals surface area contributed by atoms with Crippen LogP contribution in [0.5, 0.6) is 11.5 Å². The third-order valence-electron chi connectivity index (χ3n) is 5.41. The van der Waals surface area contributed by atoms with Crippen LogP contribution in [0.2, 0.25) is 10.0 Å². The molecule has 2 aliphatic rings. The zero-order chi connectivity index (χ0) is 19.3. The molecule has 0 bridgehead atoms. The second kappa shape index (κ2) is 9.73. The van der Waals surface area contributed by atoms with Crippen molar-refractivity contribution >= 4 is 35.0 Å². The summed E-state index contributed by atoms with van der Waals surface area (Å²) >= 11 is 14.1. The van der Waals surface area contributed by atoms with Gasteiger partial charge in [-0.2, -0.15) is 0 Å². The van der Waals surface area contributed by atoms with Gasteiger partial charge in [-0.25, -0.2) is 0 Å². The molecule has 1 atom stereocenters. The molecule has 3 nitrogen and oxygen atoms in total. The molecular weight excluding hydrogens is 411 g/mol. The fraction of sp³-hybridized carbons (Fsp3) is 0.455. The summed E-state index contributed by atoms with van der Waals surface area (Å²) in [6.45, 7) is 5.99. The minimum Gasteiger partial charge on any atom is -0.457 e. The van der Waals surface area contributed by atoms with Gasteiger partial charge in [0.1, 0.15) is 11.5 Å². The van der Waals surface area contributed by atoms with Crippen molar-refractivity contribution in [1.29, 1.82) is 0 Å². The first-order valence-corrected chi connectivity index (χ1v) is 11.8. The highest BCUT2D eigenvalue weighted by Crippen LogP contribution is 2.39. The molecule has 28 heavy (non-hydrogen) atoms. The number of halogens is 2. The number of nitrogens with zero attached hydrogens (tertiary/aromatic N) is 2. The summed E-state index contributed by atoms with van der Waals surface area (Å²) in [6, 6.07) is 13.8. The molecule has 4 rings (SSSR count). The fourth-order valence-corrected chi connectivity index (χ4v) is 5.51. The Balaban J connectivity index is 1.41. The number of hydrogen-bond donors (Lipinski definition) is 0. The van der Waals surface area contributed by atoms with E-state index in [1.54, 1.807) is 12.1 Å². The van der Waals surface area contributed by atoms with E-state index in [0.717, 1.165) is 18.8 Å². The van der Waals surface area contributed by atoms with Crippen LogP contribution in [0.1, 0.15) is 30.2 Å². The van der Waals surface area contributed by atoms with Gasteiger partial charge in [-0.1, -0.05) is 41.8 Å². The Morgan fingerprint density at radius 3 is 2.54 bits per heavy atom. The van der Waals surface area contributed by atoms with E-state index in [2.05, 4.69) is 28.0 Å². The summed E-state index contributed by atoms with van der Waals surface area (Å²) in [4.78, 5) is 5.23. The Labute approximate surface area is 181 Å². The van der Waals surface area contributed by atoms with E-state index in [0.29, 0.717) is 21.2 Å². The van der Waals surface area contributed by atoms with Crippen LogP contribution in [0.15, 0.2) is 42.5 Å². The van der Waals surface area contributed by atoms with Crippen molar-refractivity contribution in [2.24, 2.45) is 0 Å². The predicted octanol–water partition coefficient (Wildman–Crippen LogP) is 6.32. The Morgan fingerprint density at radius 2 is 1.71 bits per heavy atom. The molecule has 1 unspecified atom stereocenters. The number of hydrogen-bond acceptors (Lipinski definition) is 4. The quantitative estimate of drug-likeness (QED) is 0.525. The van der Waals surface area contributed by atoms with Crippen LogP contribution in [0.4, 0.5) is 0 Å². The largest absolute Gasteiger partial charge is 0.457 e. The summed E-state index contributed by atoms with van der Waals surface area (Å²) in [5.74, 6) is 2.72. The second-order valence-corrected chi connectivity index (χ2v) is 9.41. The molecule has 2 saturated heterocycles. The van der Waals surface area contributed by atoms with Gasteiger partial charge in [0, 0.05) is 31.5 Å². The van der Waals surface area contributed by atoms with E-state index in [9.17, 15) is 0 Å². The molecular formula is C22H26Cl2N2OS. The molecule has 2 aliphatic heterocycles. The first-order chi connectivity index (χ1) is 13.7. The van der Waals surface area contributed by atoms with Gasteiger partial charge in [0.2, 0.25) is 0 Å². The predicted molar refractivity (Wildman–Crippen MR) is 120 cm³/mol. The second-order valence-electron chi connectivity index (χ2n) is 7.41. The number of benzene rings is 2. The van der Waals surface area contributed by atoms with Gasteiger partial charge < -0.3 is 9.64 Å². The molecule has 0 amide bonds. The van der Waals surface area contributed by atoms with E-state index in [1.807, 2.05) is 23.9 Å². The summed E-state index contributed by atoms with van der Waals surface area (Å²) in [6.07, 6.45) is 4.10. The average Bonchev–Trinajstić information content (AvgIpc) is 3.19. The minimum absolute atomic E-state index is 0.405. The van der Waals surface area contributed by atoms with E-state index < -0.39 is 0 Å². The van der Waals surface area contributed by atoms with Crippen LogP contribution in [-0.4, -0.2) is 48.3 Å². The highest BCUT2D eigenvalue weighted by atomic mass is 35.5. The lowest BCUT2D eigenvalue weighted by Crippen LogP contribution is -2.37. The van der Waals surface area contributed by atoms with Gasteiger partial charge in [-0.15, -0.1) is 11.8 Å². The van der Waals surface area contributed by atoms with Crippen LogP contribution in [-0.2, 0) is 0 Å². The Bertz CT molecular complexity index is 798. The maximum Gasteiger partial charge on any atom is 0.129 e. The summed E-state index contributed by atoms with van der Waals surface area (Å²) in [5, 5.41) is 1.45.